The Morgan fingerprint density at radius 2 is 1.63 bits per heavy atom. The molecule has 3 aromatic carbocycles. The summed E-state index contributed by atoms with van der Waals surface area (Å²) in [5, 5.41) is 0. The number of benzene rings is 3. The fourth-order valence-electron chi connectivity index (χ4n) is 5.31. The third-order valence-electron chi connectivity index (χ3n) is 7.27. The first-order chi connectivity index (χ1) is 18.3. The molecule has 200 valence electrons. The summed E-state index contributed by atoms with van der Waals surface area (Å²) >= 11 is 0. The molecule has 0 saturated carbocycles. The van der Waals surface area contributed by atoms with E-state index in [9.17, 15) is 18.0 Å². The summed E-state index contributed by atoms with van der Waals surface area (Å²) in [5.74, 6) is 0.704. The first-order valence-corrected chi connectivity index (χ1v) is 12.8. The van der Waals surface area contributed by atoms with Crippen molar-refractivity contribution >= 4 is 11.0 Å². The van der Waals surface area contributed by atoms with Crippen LogP contribution in [0.2, 0.25) is 0 Å². The molecule has 0 amide bonds. The molecule has 1 N–H and O–H groups in total. The van der Waals surface area contributed by atoms with E-state index in [1.165, 1.54) is 12.1 Å². The molecule has 5 rings (SSSR count). The van der Waals surface area contributed by atoms with Gasteiger partial charge in [-0.05, 0) is 60.5 Å². The van der Waals surface area contributed by atoms with E-state index < -0.39 is 11.7 Å². The van der Waals surface area contributed by atoms with Gasteiger partial charge in [-0.1, -0.05) is 36.4 Å². The minimum Gasteiger partial charge on any atom is -0.497 e. The number of nitrogens with zero attached hydrogens (tertiary/aromatic N) is 3. The minimum atomic E-state index is -4.40. The Hall–Kier alpha value is -3.56. The molecule has 6 nitrogen and oxygen atoms in total. The number of nitrogens with one attached hydrogen (secondary N) is 1. The molecule has 0 spiro atoms. The van der Waals surface area contributed by atoms with Gasteiger partial charge in [-0.25, -0.2) is 4.79 Å². The van der Waals surface area contributed by atoms with Gasteiger partial charge in [0.1, 0.15) is 5.75 Å². The van der Waals surface area contributed by atoms with Crippen molar-refractivity contribution in [2.45, 2.75) is 25.2 Å². The van der Waals surface area contributed by atoms with E-state index in [2.05, 4.69) is 14.8 Å². The van der Waals surface area contributed by atoms with Crippen molar-refractivity contribution in [3.05, 3.63) is 100.0 Å². The van der Waals surface area contributed by atoms with E-state index in [1.54, 1.807) is 17.7 Å². The van der Waals surface area contributed by atoms with E-state index in [1.807, 2.05) is 48.5 Å². The van der Waals surface area contributed by atoms with Gasteiger partial charge in [0.05, 0.1) is 29.7 Å². The number of aromatic amines is 1. The maximum atomic E-state index is 13.5. The van der Waals surface area contributed by atoms with Crippen LogP contribution in [0.5, 0.6) is 5.75 Å². The number of fused-ring (bicyclic) bond motifs is 1. The number of aromatic nitrogens is 2. The van der Waals surface area contributed by atoms with Crippen LogP contribution in [-0.4, -0.2) is 59.2 Å². The maximum absolute atomic E-state index is 13.5. The molecular formula is C29H31F3N4O2. The van der Waals surface area contributed by atoms with Crippen molar-refractivity contribution < 1.29 is 17.9 Å². The molecule has 1 aliphatic rings. The summed E-state index contributed by atoms with van der Waals surface area (Å²) in [6.45, 7) is 4.51. The predicted molar refractivity (Wildman–Crippen MR) is 141 cm³/mol. The van der Waals surface area contributed by atoms with Crippen molar-refractivity contribution in [1.29, 1.82) is 0 Å². The Morgan fingerprint density at radius 3 is 2.34 bits per heavy atom. The normalized spacial score (nSPS) is 16.1. The fraction of sp³-hybridized carbons (Fsp3) is 0.345. The van der Waals surface area contributed by atoms with E-state index in [0.29, 0.717) is 17.9 Å². The predicted octanol–water partition coefficient (Wildman–Crippen LogP) is 5.15. The second kappa shape index (κ2) is 11.0. The van der Waals surface area contributed by atoms with E-state index in [-0.39, 0.29) is 11.7 Å². The Kier molecular flexibility index (Phi) is 7.58. The Balaban J connectivity index is 1.27. The molecule has 9 heteroatoms. The lowest BCUT2D eigenvalue weighted by Crippen LogP contribution is -2.48. The van der Waals surface area contributed by atoms with E-state index in [4.69, 9.17) is 4.74 Å². The number of imidazole rings is 1. The quantitative estimate of drug-likeness (QED) is 0.346. The summed E-state index contributed by atoms with van der Waals surface area (Å²) in [6, 6.07) is 20.6. The van der Waals surface area contributed by atoms with Gasteiger partial charge in [0.2, 0.25) is 0 Å². The second-order valence-electron chi connectivity index (χ2n) is 9.63. The molecule has 1 aromatic heterocycles. The van der Waals surface area contributed by atoms with Gasteiger partial charge >= 0.3 is 11.9 Å². The zero-order valence-electron chi connectivity index (χ0n) is 21.2. The largest absolute Gasteiger partial charge is 0.497 e. The molecule has 4 aromatic rings. The number of hydrogen-bond donors (Lipinski definition) is 1. The van der Waals surface area contributed by atoms with Crippen LogP contribution in [-0.2, 0) is 12.7 Å². The van der Waals surface area contributed by atoms with Crippen LogP contribution in [0.4, 0.5) is 13.2 Å². The molecule has 38 heavy (non-hydrogen) atoms. The topological polar surface area (TPSA) is 53.5 Å². The van der Waals surface area contributed by atoms with Crippen LogP contribution in [0, 0.1) is 0 Å². The van der Waals surface area contributed by atoms with Crippen LogP contribution in [0.15, 0.2) is 77.6 Å². The fourth-order valence-corrected chi connectivity index (χ4v) is 5.31. The Bertz CT molecular complexity index is 1420. The number of methoxy groups -OCH3 is 1. The van der Waals surface area contributed by atoms with Gasteiger partial charge < -0.3 is 14.6 Å². The average Bonchev–Trinajstić information content (AvgIpc) is 3.24. The number of hydrogen-bond acceptors (Lipinski definition) is 4. The standard InChI is InChI=1S/C29H31F3N4O2/c1-38-24-12-10-21(11-13-24)27(22-6-4-7-23(20-22)29(30,31)32)35-18-16-34(17-19-35)14-5-15-36-26-9-3-2-8-25(26)33-28(36)37/h2-4,6-13,20,27H,5,14-19H2,1H3,(H,33,37). The van der Waals surface area contributed by atoms with Gasteiger partial charge in [0.25, 0.3) is 0 Å². The molecule has 1 aliphatic heterocycles. The molecular weight excluding hydrogens is 493 g/mol. The number of para-hydroxylation sites is 2. The third kappa shape index (κ3) is 5.63. The van der Waals surface area contributed by atoms with Crippen molar-refractivity contribution in [3.63, 3.8) is 0 Å². The summed E-state index contributed by atoms with van der Waals surface area (Å²) in [6.07, 6.45) is -3.57. The number of alkyl halides is 3. The van der Waals surface area contributed by atoms with Crippen molar-refractivity contribution in [2.24, 2.45) is 0 Å². The number of piperazine rings is 1. The molecule has 1 saturated heterocycles. The van der Waals surface area contributed by atoms with Gasteiger partial charge in [0.15, 0.2) is 0 Å². The highest BCUT2D eigenvalue weighted by Gasteiger charge is 2.32. The van der Waals surface area contributed by atoms with Gasteiger partial charge in [0, 0.05) is 32.7 Å². The highest BCUT2D eigenvalue weighted by atomic mass is 19.4. The van der Waals surface area contributed by atoms with Crippen LogP contribution in [0.1, 0.15) is 29.2 Å². The van der Waals surface area contributed by atoms with Crippen molar-refractivity contribution in [3.8, 4) is 5.75 Å². The molecule has 0 aliphatic carbocycles. The third-order valence-corrected chi connectivity index (χ3v) is 7.27. The van der Waals surface area contributed by atoms with Gasteiger partial charge in [-0.3, -0.25) is 9.47 Å². The zero-order chi connectivity index (χ0) is 26.7. The highest BCUT2D eigenvalue weighted by Crippen LogP contribution is 2.35. The highest BCUT2D eigenvalue weighted by molar-refractivity contribution is 5.74. The summed E-state index contributed by atoms with van der Waals surface area (Å²) in [5.41, 5.74) is 2.56. The summed E-state index contributed by atoms with van der Waals surface area (Å²) < 4.78 is 47.5. The average molecular weight is 525 g/mol. The molecule has 0 radical (unpaired) electrons. The lowest BCUT2D eigenvalue weighted by Gasteiger charge is -2.40. The summed E-state index contributed by atoms with van der Waals surface area (Å²) in [4.78, 5) is 19.8. The van der Waals surface area contributed by atoms with Crippen molar-refractivity contribution in [1.82, 2.24) is 19.4 Å². The van der Waals surface area contributed by atoms with Crippen LogP contribution >= 0.6 is 0 Å². The number of rotatable bonds is 8. The number of aryl methyl sites for hydroxylation is 1. The summed E-state index contributed by atoms with van der Waals surface area (Å²) in [7, 11) is 1.59. The minimum absolute atomic E-state index is 0.0977. The molecule has 1 atom stereocenters. The number of ether oxygens (including phenoxy) is 1. The van der Waals surface area contributed by atoms with E-state index >= 15 is 0 Å². The van der Waals surface area contributed by atoms with Gasteiger partial charge in [-0.2, -0.15) is 13.2 Å². The second-order valence-corrected chi connectivity index (χ2v) is 9.63. The van der Waals surface area contributed by atoms with Crippen LogP contribution in [0.25, 0.3) is 11.0 Å². The lowest BCUT2D eigenvalue weighted by molar-refractivity contribution is -0.137. The van der Waals surface area contributed by atoms with Crippen molar-refractivity contribution in [2.75, 3.05) is 39.8 Å². The van der Waals surface area contributed by atoms with Crippen LogP contribution < -0.4 is 10.4 Å². The zero-order valence-corrected chi connectivity index (χ0v) is 21.2. The Labute approximate surface area is 219 Å². The lowest BCUT2D eigenvalue weighted by atomic mass is 9.94. The first kappa shape index (κ1) is 26.1. The molecule has 1 unspecified atom stereocenters. The number of halogens is 3. The SMILES string of the molecule is COc1ccc(C(c2cccc(C(F)(F)F)c2)N2CCN(CCCn3c(=O)[nH]c4ccccc43)CC2)cc1. The maximum Gasteiger partial charge on any atom is 0.416 e. The smallest absolute Gasteiger partial charge is 0.416 e. The Morgan fingerprint density at radius 1 is 0.895 bits per heavy atom. The van der Waals surface area contributed by atoms with E-state index in [0.717, 1.165) is 61.8 Å². The number of H-pyrrole nitrogens is 1. The molecule has 1 fully saturated rings. The molecule has 0 bridgehead atoms. The van der Waals surface area contributed by atoms with Crippen LogP contribution in [0.3, 0.4) is 0 Å². The van der Waals surface area contributed by atoms with Gasteiger partial charge in [-0.15, -0.1) is 0 Å². The molecule has 2 heterocycles. The first-order valence-electron chi connectivity index (χ1n) is 12.8. The monoisotopic (exact) mass is 524 g/mol.